The van der Waals surface area contributed by atoms with Gasteiger partial charge in [-0.1, -0.05) is 17.7 Å². The van der Waals surface area contributed by atoms with E-state index in [1.54, 1.807) is 32.2 Å². The maximum Gasteiger partial charge on any atom is 0.241 e. The summed E-state index contributed by atoms with van der Waals surface area (Å²) in [6.07, 6.45) is 2.93. The number of hydrogen-bond acceptors (Lipinski definition) is 4. The lowest BCUT2D eigenvalue weighted by molar-refractivity contribution is -0.117. The molecule has 7 heteroatoms. The SMILES string of the molecule is CNC(C)C(=O)Nc1cccc(Cl)c1-n1cncn1. The number of amides is 1. The number of para-hydroxylation sites is 1. The molecule has 1 heterocycles. The highest BCUT2D eigenvalue weighted by molar-refractivity contribution is 6.33. The summed E-state index contributed by atoms with van der Waals surface area (Å²) >= 11 is 6.16. The van der Waals surface area contributed by atoms with E-state index in [0.717, 1.165) is 0 Å². The molecule has 1 aromatic carbocycles. The summed E-state index contributed by atoms with van der Waals surface area (Å²) in [5, 5.41) is 10.2. The van der Waals surface area contributed by atoms with Crippen LogP contribution in [0.3, 0.4) is 0 Å². The van der Waals surface area contributed by atoms with Crippen molar-refractivity contribution in [3.8, 4) is 5.69 Å². The Balaban J connectivity index is 2.36. The largest absolute Gasteiger partial charge is 0.323 e. The van der Waals surface area contributed by atoms with Crippen molar-refractivity contribution in [2.75, 3.05) is 12.4 Å². The second kappa shape index (κ2) is 5.81. The second-order valence-corrected chi connectivity index (χ2v) is 4.38. The highest BCUT2D eigenvalue weighted by Crippen LogP contribution is 2.27. The fourth-order valence-corrected chi connectivity index (χ4v) is 1.81. The van der Waals surface area contributed by atoms with Gasteiger partial charge in [-0.3, -0.25) is 4.79 Å². The smallest absolute Gasteiger partial charge is 0.241 e. The molecule has 2 aromatic rings. The van der Waals surface area contributed by atoms with Gasteiger partial charge in [0.25, 0.3) is 0 Å². The molecule has 0 fully saturated rings. The number of nitrogens with one attached hydrogen (secondary N) is 2. The van der Waals surface area contributed by atoms with E-state index in [1.165, 1.54) is 17.3 Å². The Morgan fingerprint density at radius 2 is 2.26 bits per heavy atom. The van der Waals surface area contributed by atoms with Crippen LogP contribution in [0.25, 0.3) is 5.69 Å². The van der Waals surface area contributed by atoms with E-state index >= 15 is 0 Å². The lowest BCUT2D eigenvalue weighted by Crippen LogP contribution is -2.35. The van der Waals surface area contributed by atoms with Gasteiger partial charge in [-0.05, 0) is 26.1 Å². The first kappa shape index (κ1) is 13.5. The molecule has 0 spiro atoms. The first-order valence-corrected chi connectivity index (χ1v) is 6.13. The standard InChI is InChI=1S/C12H14ClN5O/c1-8(14-2)12(19)17-10-5-3-4-9(13)11(10)18-7-15-6-16-18/h3-8,14H,1-2H3,(H,17,19). The molecule has 1 amide bonds. The lowest BCUT2D eigenvalue weighted by atomic mass is 10.2. The first-order chi connectivity index (χ1) is 9.13. The van der Waals surface area contributed by atoms with Crippen molar-refractivity contribution in [3.05, 3.63) is 35.9 Å². The molecular formula is C12H14ClN5O. The van der Waals surface area contributed by atoms with Crippen molar-refractivity contribution >= 4 is 23.2 Å². The van der Waals surface area contributed by atoms with Crippen LogP contribution in [0.5, 0.6) is 0 Å². The quantitative estimate of drug-likeness (QED) is 0.889. The average Bonchev–Trinajstić information content (AvgIpc) is 2.91. The van der Waals surface area contributed by atoms with E-state index in [9.17, 15) is 4.79 Å². The lowest BCUT2D eigenvalue weighted by Gasteiger charge is -2.15. The second-order valence-electron chi connectivity index (χ2n) is 3.98. The van der Waals surface area contributed by atoms with Crippen LogP contribution in [0.4, 0.5) is 5.69 Å². The van der Waals surface area contributed by atoms with Crippen molar-refractivity contribution in [1.29, 1.82) is 0 Å². The minimum Gasteiger partial charge on any atom is -0.323 e. The maximum absolute atomic E-state index is 11.9. The molecule has 1 aromatic heterocycles. The normalized spacial score (nSPS) is 12.2. The molecule has 0 aliphatic carbocycles. The molecule has 0 bridgehead atoms. The van der Waals surface area contributed by atoms with Gasteiger partial charge >= 0.3 is 0 Å². The van der Waals surface area contributed by atoms with Crippen LogP contribution in [0.2, 0.25) is 5.02 Å². The summed E-state index contributed by atoms with van der Waals surface area (Å²) in [7, 11) is 1.72. The highest BCUT2D eigenvalue weighted by atomic mass is 35.5. The molecule has 2 rings (SSSR count). The summed E-state index contributed by atoms with van der Waals surface area (Å²) in [4.78, 5) is 15.8. The molecule has 100 valence electrons. The van der Waals surface area contributed by atoms with Crippen LogP contribution < -0.4 is 10.6 Å². The Morgan fingerprint density at radius 3 is 2.89 bits per heavy atom. The zero-order chi connectivity index (χ0) is 13.8. The maximum atomic E-state index is 11.9. The van der Waals surface area contributed by atoms with Crippen molar-refractivity contribution in [2.24, 2.45) is 0 Å². The summed E-state index contributed by atoms with van der Waals surface area (Å²) in [5.74, 6) is -0.147. The average molecular weight is 280 g/mol. The summed E-state index contributed by atoms with van der Waals surface area (Å²) in [6, 6.07) is 4.96. The van der Waals surface area contributed by atoms with E-state index in [0.29, 0.717) is 16.4 Å². The van der Waals surface area contributed by atoms with Crippen LogP contribution in [0.15, 0.2) is 30.9 Å². The number of halogens is 1. The predicted octanol–water partition coefficient (Wildman–Crippen LogP) is 1.47. The molecule has 1 unspecified atom stereocenters. The Morgan fingerprint density at radius 1 is 1.47 bits per heavy atom. The van der Waals surface area contributed by atoms with Gasteiger partial charge in [0.15, 0.2) is 0 Å². The summed E-state index contributed by atoms with van der Waals surface area (Å²) in [6.45, 7) is 1.77. The summed E-state index contributed by atoms with van der Waals surface area (Å²) < 4.78 is 1.52. The minimum absolute atomic E-state index is 0.147. The third-order valence-corrected chi connectivity index (χ3v) is 3.02. The molecule has 0 aliphatic heterocycles. The van der Waals surface area contributed by atoms with Crippen molar-refractivity contribution in [2.45, 2.75) is 13.0 Å². The van der Waals surface area contributed by atoms with Gasteiger partial charge < -0.3 is 10.6 Å². The number of aromatic nitrogens is 3. The number of likely N-dealkylation sites (N-methyl/N-ethyl adjacent to an activating group) is 1. The van der Waals surface area contributed by atoms with Gasteiger partial charge in [-0.2, -0.15) is 5.10 Å². The first-order valence-electron chi connectivity index (χ1n) is 5.75. The van der Waals surface area contributed by atoms with Gasteiger partial charge in [0.2, 0.25) is 5.91 Å². The van der Waals surface area contributed by atoms with Crippen molar-refractivity contribution in [1.82, 2.24) is 20.1 Å². The van der Waals surface area contributed by atoms with E-state index in [1.807, 2.05) is 0 Å². The molecule has 19 heavy (non-hydrogen) atoms. The van der Waals surface area contributed by atoms with E-state index < -0.39 is 0 Å². The minimum atomic E-state index is -0.303. The van der Waals surface area contributed by atoms with Crippen LogP contribution in [0.1, 0.15) is 6.92 Å². The highest BCUT2D eigenvalue weighted by Gasteiger charge is 2.15. The Kier molecular flexibility index (Phi) is 4.13. The van der Waals surface area contributed by atoms with Crippen molar-refractivity contribution < 1.29 is 4.79 Å². The molecule has 6 nitrogen and oxygen atoms in total. The fraction of sp³-hybridized carbons (Fsp3) is 0.250. The zero-order valence-electron chi connectivity index (χ0n) is 10.6. The Labute approximate surface area is 115 Å². The fourth-order valence-electron chi connectivity index (χ4n) is 1.54. The number of rotatable bonds is 4. The zero-order valence-corrected chi connectivity index (χ0v) is 11.3. The van der Waals surface area contributed by atoms with E-state index in [2.05, 4.69) is 20.7 Å². The molecule has 2 N–H and O–H groups in total. The predicted molar refractivity (Wildman–Crippen MR) is 73.5 cm³/mol. The topological polar surface area (TPSA) is 71.8 Å². The van der Waals surface area contributed by atoms with Crippen LogP contribution in [0, 0.1) is 0 Å². The third-order valence-electron chi connectivity index (χ3n) is 2.72. The van der Waals surface area contributed by atoms with Gasteiger partial charge in [0.05, 0.1) is 16.8 Å². The summed E-state index contributed by atoms with van der Waals surface area (Å²) in [5.41, 5.74) is 1.18. The number of nitrogens with zero attached hydrogens (tertiary/aromatic N) is 3. The van der Waals surface area contributed by atoms with Gasteiger partial charge in [-0.15, -0.1) is 0 Å². The molecule has 0 saturated heterocycles. The molecule has 1 atom stereocenters. The third kappa shape index (κ3) is 2.91. The number of benzene rings is 1. The number of hydrogen-bond donors (Lipinski definition) is 2. The van der Waals surface area contributed by atoms with E-state index in [4.69, 9.17) is 11.6 Å². The van der Waals surface area contributed by atoms with E-state index in [-0.39, 0.29) is 11.9 Å². The monoisotopic (exact) mass is 279 g/mol. The number of carbonyl (C=O) groups excluding carboxylic acids is 1. The van der Waals surface area contributed by atoms with Crippen LogP contribution in [-0.4, -0.2) is 33.8 Å². The number of carbonyl (C=O) groups is 1. The van der Waals surface area contributed by atoms with Gasteiger partial charge in [0, 0.05) is 0 Å². The molecule has 0 radical (unpaired) electrons. The van der Waals surface area contributed by atoms with Crippen molar-refractivity contribution in [3.63, 3.8) is 0 Å². The van der Waals surface area contributed by atoms with Crippen LogP contribution >= 0.6 is 11.6 Å². The molecular weight excluding hydrogens is 266 g/mol. The van der Waals surface area contributed by atoms with Gasteiger partial charge in [-0.25, -0.2) is 9.67 Å². The molecule has 0 aliphatic rings. The molecule has 0 saturated carbocycles. The van der Waals surface area contributed by atoms with Gasteiger partial charge in [0.1, 0.15) is 18.3 Å². The van der Waals surface area contributed by atoms with Crippen LogP contribution in [-0.2, 0) is 4.79 Å². The Hall–Kier alpha value is -1.92. The number of anilines is 1. The Bertz CT molecular complexity index is 570.